The molecule has 338 valence electrons. The molecule has 0 spiro atoms. The van der Waals surface area contributed by atoms with Crippen LogP contribution < -0.4 is 25.6 Å². The Hall–Kier alpha value is -6.01. The Morgan fingerprint density at radius 1 is 0.923 bits per heavy atom. The van der Waals surface area contributed by atoms with Gasteiger partial charge in [0, 0.05) is 80.0 Å². The van der Waals surface area contributed by atoms with Crippen molar-refractivity contribution in [3.63, 3.8) is 0 Å². The molecule has 6 aliphatic heterocycles. The Morgan fingerprint density at radius 3 is 2.48 bits per heavy atom. The molecule has 18 heteroatoms. The van der Waals surface area contributed by atoms with Crippen molar-refractivity contribution < 1.29 is 37.8 Å². The van der Waals surface area contributed by atoms with E-state index < -0.39 is 35.5 Å². The highest BCUT2D eigenvalue weighted by atomic mass is 35.5. The first-order chi connectivity index (χ1) is 31.5. The van der Waals surface area contributed by atoms with Gasteiger partial charge in [-0.2, -0.15) is 0 Å². The summed E-state index contributed by atoms with van der Waals surface area (Å²) in [5, 5.41) is 9.05. The van der Waals surface area contributed by atoms with E-state index in [9.17, 15) is 28.4 Å². The predicted octanol–water partition coefficient (Wildman–Crippen LogP) is 5.29. The molecule has 0 radical (unpaired) electrons. The molecule has 5 amide bonds. The maximum absolute atomic E-state index is 13.8. The number of likely N-dealkylation sites (tertiary alicyclic amines) is 2. The molecule has 4 aromatic rings. The Balaban J connectivity index is 0.723. The Morgan fingerprint density at radius 2 is 1.72 bits per heavy atom. The standard InChI is InChI=1S/C47H49ClFN9O7/c48-36-18-28(3-8-37(36)49)52-44-35-20-39(41(21-38(35)50-26-51-44)65-32-13-17-64-25-32)53-42(59)2-1-14-55-15-11-27(12-16-55)22-56-23-30-4-5-31(24-56)57(30)29-6-7-33-34(19-29)47(63)58(46(33)62)40-9-10-43(60)54-45(40)61/h1-3,6-8,18-21,26-27,30-32,40H,4-5,9-17,22-25H2,(H,53,59)(H,50,51,52)(H,54,60,61)/b2-1+/t30?,31?,32-,40?/m0/s1. The van der Waals surface area contributed by atoms with Crippen LogP contribution in [-0.2, 0) is 19.1 Å². The molecule has 5 fully saturated rings. The number of nitrogens with one attached hydrogen (secondary N) is 3. The topological polar surface area (TPSA) is 179 Å². The second-order valence-corrected chi connectivity index (χ2v) is 18.2. The first-order valence-electron chi connectivity index (χ1n) is 22.4. The van der Waals surface area contributed by atoms with E-state index in [1.165, 1.54) is 18.5 Å². The number of halogens is 2. The van der Waals surface area contributed by atoms with Crippen LogP contribution >= 0.6 is 11.6 Å². The monoisotopic (exact) mass is 905 g/mol. The van der Waals surface area contributed by atoms with Gasteiger partial charge in [0.15, 0.2) is 0 Å². The average molecular weight is 906 g/mol. The third-order valence-corrected chi connectivity index (χ3v) is 13.8. The van der Waals surface area contributed by atoms with E-state index in [0.29, 0.717) is 82.7 Å². The van der Waals surface area contributed by atoms with Gasteiger partial charge in [-0.15, -0.1) is 0 Å². The quantitative estimate of drug-likeness (QED) is 0.124. The minimum absolute atomic E-state index is 0.0230. The number of piperazine rings is 1. The Kier molecular flexibility index (Phi) is 12.0. The van der Waals surface area contributed by atoms with Crippen LogP contribution in [0.15, 0.2) is 67.0 Å². The van der Waals surface area contributed by atoms with Gasteiger partial charge in [-0.3, -0.25) is 44.0 Å². The highest BCUT2D eigenvalue weighted by molar-refractivity contribution is 6.31. The number of ether oxygens (including phenoxy) is 2. The summed E-state index contributed by atoms with van der Waals surface area (Å²) in [5.74, 6) is -1.32. The number of hydrogen-bond acceptors (Lipinski definition) is 13. The molecular formula is C47H49ClFN9O7. The van der Waals surface area contributed by atoms with Gasteiger partial charge in [0.2, 0.25) is 17.7 Å². The zero-order valence-corrected chi connectivity index (χ0v) is 36.4. The summed E-state index contributed by atoms with van der Waals surface area (Å²) in [6, 6.07) is 12.9. The van der Waals surface area contributed by atoms with Crippen molar-refractivity contribution in [1.82, 2.24) is 30.0 Å². The normalized spacial score (nSPS) is 24.0. The Bertz CT molecular complexity index is 2590. The van der Waals surface area contributed by atoms with Crippen LogP contribution in [0.25, 0.3) is 10.9 Å². The molecule has 7 heterocycles. The van der Waals surface area contributed by atoms with Crippen LogP contribution in [0, 0.1) is 11.7 Å². The number of piperidine rings is 2. The van der Waals surface area contributed by atoms with Crippen molar-refractivity contribution in [1.29, 1.82) is 0 Å². The number of amides is 5. The number of hydrogen-bond donors (Lipinski definition) is 3. The minimum atomic E-state index is -0.985. The molecule has 10 rings (SSSR count). The summed E-state index contributed by atoms with van der Waals surface area (Å²) in [5.41, 5.74) is 3.13. The van der Waals surface area contributed by atoms with Gasteiger partial charge in [-0.1, -0.05) is 17.7 Å². The minimum Gasteiger partial charge on any atom is -0.486 e. The fraction of sp³-hybridized carbons (Fsp3) is 0.426. The zero-order valence-electron chi connectivity index (χ0n) is 35.6. The SMILES string of the molecule is O=C(/C=C/CN1CCC(CN2CC3CCC(C2)N3c2ccc3c(c2)C(=O)N(C2CCC(=O)NC2=O)C3=O)CC1)Nc1cc2c(Nc3ccc(F)c(Cl)c3)ncnc2cc1O[C@H]1CCOC1. The number of fused-ring (bicyclic) bond motifs is 4. The molecular weight excluding hydrogens is 857 g/mol. The van der Waals surface area contributed by atoms with E-state index in [4.69, 9.17) is 21.1 Å². The number of nitrogens with zero attached hydrogens (tertiary/aromatic N) is 6. The molecule has 2 bridgehead atoms. The Labute approximate surface area is 379 Å². The molecule has 3 aromatic carbocycles. The molecule has 3 unspecified atom stereocenters. The van der Waals surface area contributed by atoms with E-state index >= 15 is 0 Å². The lowest BCUT2D eigenvalue weighted by Gasteiger charge is -2.44. The van der Waals surface area contributed by atoms with E-state index in [1.807, 2.05) is 18.2 Å². The number of rotatable bonds is 12. The summed E-state index contributed by atoms with van der Waals surface area (Å²) in [4.78, 5) is 81.7. The van der Waals surface area contributed by atoms with Crippen LogP contribution in [0.1, 0.15) is 65.7 Å². The molecule has 0 saturated carbocycles. The average Bonchev–Trinajstić information content (AvgIpc) is 3.97. The third-order valence-electron chi connectivity index (χ3n) is 13.5. The van der Waals surface area contributed by atoms with E-state index in [1.54, 1.807) is 30.3 Å². The maximum Gasteiger partial charge on any atom is 0.262 e. The van der Waals surface area contributed by atoms with Crippen molar-refractivity contribution in [2.45, 2.75) is 69.2 Å². The van der Waals surface area contributed by atoms with Gasteiger partial charge in [0.05, 0.1) is 40.6 Å². The molecule has 65 heavy (non-hydrogen) atoms. The van der Waals surface area contributed by atoms with E-state index in [0.717, 1.165) is 75.4 Å². The lowest BCUT2D eigenvalue weighted by atomic mass is 9.95. The zero-order chi connectivity index (χ0) is 44.8. The van der Waals surface area contributed by atoms with Crippen molar-refractivity contribution in [3.05, 3.63) is 89.0 Å². The highest BCUT2D eigenvalue weighted by Gasteiger charge is 2.46. The largest absolute Gasteiger partial charge is 0.486 e. The second kappa shape index (κ2) is 18.1. The van der Waals surface area contributed by atoms with Crippen molar-refractivity contribution >= 4 is 74.9 Å². The molecule has 0 aliphatic carbocycles. The van der Waals surface area contributed by atoms with Crippen molar-refractivity contribution in [2.24, 2.45) is 5.92 Å². The summed E-state index contributed by atoms with van der Waals surface area (Å²) in [6.07, 6.45) is 9.87. The van der Waals surface area contributed by atoms with Gasteiger partial charge in [-0.05, 0) is 93.6 Å². The van der Waals surface area contributed by atoms with Crippen molar-refractivity contribution in [2.75, 3.05) is 68.0 Å². The molecule has 6 aliphatic rings. The van der Waals surface area contributed by atoms with E-state index in [-0.39, 0.29) is 29.9 Å². The third kappa shape index (κ3) is 8.89. The number of benzene rings is 3. The van der Waals surface area contributed by atoms with Crippen LogP contribution in [-0.4, -0.2) is 131 Å². The van der Waals surface area contributed by atoms with Crippen LogP contribution in [0.5, 0.6) is 5.75 Å². The maximum atomic E-state index is 13.8. The number of carbonyl (C=O) groups excluding carboxylic acids is 5. The number of carbonyl (C=O) groups is 5. The molecule has 3 N–H and O–H groups in total. The highest BCUT2D eigenvalue weighted by Crippen LogP contribution is 2.39. The predicted molar refractivity (Wildman–Crippen MR) is 240 cm³/mol. The molecule has 5 saturated heterocycles. The summed E-state index contributed by atoms with van der Waals surface area (Å²) in [7, 11) is 0. The first kappa shape index (κ1) is 42.9. The lowest BCUT2D eigenvalue weighted by molar-refractivity contribution is -0.136. The summed E-state index contributed by atoms with van der Waals surface area (Å²) in [6.45, 7) is 6.42. The van der Waals surface area contributed by atoms with Gasteiger partial charge in [-0.25, -0.2) is 14.4 Å². The summed E-state index contributed by atoms with van der Waals surface area (Å²) < 4.78 is 25.7. The van der Waals surface area contributed by atoms with Gasteiger partial charge in [0.25, 0.3) is 11.8 Å². The summed E-state index contributed by atoms with van der Waals surface area (Å²) >= 11 is 6.03. The van der Waals surface area contributed by atoms with E-state index in [2.05, 4.69) is 40.6 Å². The smallest absolute Gasteiger partial charge is 0.262 e. The second-order valence-electron chi connectivity index (χ2n) is 17.8. The number of aromatic nitrogens is 2. The fourth-order valence-corrected chi connectivity index (χ4v) is 10.4. The van der Waals surface area contributed by atoms with Crippen LogP contribution in [0.2, 0.25) is 5.02 Å². The van der Waals surface area contributed by atoms with Gasteiger partial charge in [0.1, 0.15) is 35.9 Å². The van der Waals surface area contributed by atoms with Crippen LogP contribution in [0.4, 0.5) is 27.3 Å². The van der Waals surface area contributed by atoms with Crippen LogP contribution in [0.3, 0.4) is 0 Å². The van der Waals surface area contributed by atoms with Gasteiger partial charge >= 0.3 is 0 Å². The van der Waals surface area contributed by atoms with Crippen molar-refractivity contribution in [3.8, 4) is 5.75 Å². The lowest BCUT2D eigenvalue weighted by Crippen LogP contribution is -2.55. The first-order valence-corrected chi connectivity index (χ1v) is 22.7. The molecule has 4 atom stereocenters. The molecule has 16 nitrogen and oxygen atoms in total. The fourth-order valence-electron chi connectivity index (χ4n) is 10.3. The number of anilines is 4. The number of imide groups is 2. The molecule has 1 aromatic heterocycles. The van der Waals surface area contributed by atoms with Gasteiger partial charge < -0.3 is 25.0 Å².